The molecular weight excluding hydrogens is 671 g/mol. The van der Waals surface area contributed by atoms with Gasteiger partial charge in [-0.25, -0.2) is 9.78 Å². The second kappa shape index (κ2) is 14.4. The van der Waals surface area contributed by atoms with Crippen LogP contribution in [0.3, 0.4) is 0 Å². The number of fused-ring (bicyclic) bond motifs is 1. The first-order valence-corrected chi connectivity index (χ1v) is 15.7. The highest BCUT2D eigenvalue weighted by molar-refractivity contribution is 14.1. The summed E-state index contributed by atoms with van der Waals surface area (Å²) >= 11 is 2.25. The van der Waals surface area contributed by atoms with Gasteiger partial charge in [-0.05, 0) is 112 Å². The summed E-state index contributed by atoms with van der Waals surface area (Å²) in [5, 5.41) is 5.91. The van der Waals surface area contributed by atoms with E-state index in [4.69, 9.17) is 19.2 Å². The number of imidazole rings is 1. The third-order valence-electron chi connectivity index (χ3n) is 6.42. The molecule has 9 nitrogen and oxygen atoms in total. The van der Waals surface area contributed by atoms with E-state index in [-0.39, 0.29) is 5.60 Å². The first-order valence-electron chi connectivity index (χ1n) is 14.6. The number of hydrogen-bond donors (Lipinski definition) is 3. The van der Waals surface area contributed by atoms with E-state index < -0.39 is 29.7 Å². The topological polar surface area (TPSA) is 115 Å². The van der Waals surface area contributed by atoms with Gasteiger partial charge in [0.15, 0.2) is 0 Å². The molecule has 0 spiro atoms. The largest absolute Gasteiger partial charge is 0.491 e. The van der Waals surface area contributed by atoms with E-state index in [1.54, 1.807) is 45.0 Å². The first-order chi connectivity index (χ1) is 20.8. The number of alkyl carbamates (subject to hydrolysis) is 1. The predicted molar refractivity (Wildman–Crippen MR) is 180 cm³/mol. The molecule has 0 saturated carbocycles. The van der Waals surface area contributed by atoms with Crippen LogP contribution < -0.4 is 15.4 Å². The van der Waals surface area contributed by atoms with Crippen LogP contribution in [0.1, 0.15) is 70.6 Å². The van der Waals surface area contributed by atoms with E-state index in [1.807, 2.05) is 69.3 Å². The van der Waals surface area contributed by atoms with Crippen molar-refractivity contribution in [3.05, 3.63) is 93.3 Å². The van der Waals surface area contributed by atoms with Crippen molar-refractivity contribution in [2.45, 2.75) is 71.2 Å². The van der Waals surface area contributed by atoms with Crippen molar-refractivity contribution in [2.75, 3.05) is 13.2 Å². The first kappa shape index (κ1) is 33.3. The van der Waals surface area contributed by atoms with E-state index in [0.29, 0.717) is 36.8 Å². The number of hydrogen-bond acceptors (Lipinski definition) is 6. The second-order valence-electron chi connectivity index (χ2n) is 12.5. The maximum Gasteiger partial charge on any atom is 0.408 e. The lowest BCUT2D eigenvalue weighted by Gasteiger charge is -2.25. The molecule has 44 heavy (non-hydrogen) atoms. The average molecular weight is 713 g/mol. The summed E-state index contributed by atoms with van der Waals surface area (Å²) in [4.78, 5) is 35.1. The van der Waals surface area contributed by atoms with Gasteiger partial charge in [0.05, 0.1) is 29.3 Å². The number of nitrogens with zero attached hydrogens (tertiary/aromatic N) is 1. The fraction of sp³-hybridized carbons (Fsp3) is 0.382. The standard InChI is InChI=1S/C34H41IN4O5/c1-33(2,3)43-19-18-42-25-15-12-23(13-16-25)29(39-32(41)44-34(4,5)6)31(40)38-28(20-22-10-8-7-9-11-22)30-36-26-17-14-24(35)21-27(26)37-30/h7-17,21,28-29H,18-20H2,1-6H3,(H,36,37)(H,38,40)(H,39,41)/t28-,29?/m0/s1. The molecule has 1 heterocycles. The van der Waals surface area contributed by atoms with Crippen LogP contribution in [-0.2, 0) is 20.7 Å². The van der Waals surface area contributed by atoms with Gasteiger partial charge in [0.2, 0.25) is 5.91 Å². The summed E-state index contributed by atoms with van der Waals surface area (Å²) < 4.78 is 18.1. The number of carbonyl (C=O) groups excluding carboxylic acids is 2. The van der Waals surface area contributed by atoms with Gasteiger partial charge in [0.1, 0.15) is 29.8 Å². The van der Waals surface area contributed by atoms with Crippen LogP contribution in [0.5, 0.6) is 5.75 Å². The maximum absolute atomic E-state index is 14.0. The van der Waals surface area contributed by atoms with Crippen LogP contribution in [0.4, 0.5) is 4.79 Å². The Hall–Kier alpha value is -3.64. The number of aromatic nitrogens is 2. The third kappa shape index (κ3) is 10.2. The summed E-state index contributed by atoms with van der Waals surface area (Å²) in [6.07, 6.45) is -0.207. The Morgan fingerprint density at radius 3 is 2.25 bits per heavy atom. The Balaban J connectivity index is 1.58. The number of rotatable bonds is 11. The van der Waals surface area contributed by atoms with Crippen molar-refractivity contribution in [1.82, 2.24) is 20.6 Å². The molecule has 234 valence electrons. The van der Waals surface area contributed by atoms with Crippen molar-refractivity contribution in [2.24, 2.45) is 0 Å². The van der Waals surface area contributed by atoms with E-state index in [0.717, 1.165) is 20.2 Å². The normalized spacial score (nSPS) is 13.2. The van der Waals surface area contributed by atoms with Crippen LogP contribution >= 0.6 is 22.6 Å². The highest BCUT2D eigenvalue weighted by Gasteiger charge is 2.29. The summed E-state index contributed by atoms with van der Waals surface area (Å²) in [6, 6.07) is 21.4. The molecule has 1 aromatic heterocycles. The van der Waals surface area contributed by atoms with Crippen LogP contribution in [0.15, 0.2) is 72.8 Å². The number of halogens is 1. The van der Waals surface area contributed by atoms with Gasteiger partial charge in [0, 0.05) is 3.57 Å². The number of benzene rings is 3. The summed E-state index contributed by atoms with van der Waals surface area (Å²) in [5.74, 6) is 0.845. The number of nitrogens with one attached hydrogen (secondary N) is 3. The summed E-state index contributed by atoms with van der Waals surface area (Å²) in [7, 11) is 0. The molecule has 0 bridgehead atoms. The number of amides is 2. The van der Waals surface area contributed by atoms with Crippen molar-refractivity contribution in [1.29, 1.82) is 0 Å². The molecule has 0 aliphatic heterocycles. The molecule has 10 heteroatoms. The maximum atomic E-state index is 14.0. The molecule has 0 saturated heterocycles. The van der Waals surface area contributed by atoms with Gasteiger partial charge in [-0.1, -0.05) is 42.5 Å². The van der Waals surface area contributed by atoms with Crippen LogP contribution in [0, 0.1) is 3.57 Å². The van der Waals surface area contributed by atoms with E-state index >= 15 is 0 Å². The van der Waals surface area contributed by atoms with E-state index in [1.165, 1.54) is 0 Å². The predicted octanol–water partition coefficient (Wildman–Crippen LogP) is 7.03. The highest BCUT2D eigenvalue weighted by atomic mass is 127. The smallest absolute Gasteiger partial charge is 0.408 e. The molecular formula is C34H41IN4O5. The Morgan fingerprint density at radius 2 is 1.59 bits per heavy atom. The molecule has 2 atom stereocenters. The van der Waals surface area contributed by atoms with Crippen LogP contribution in [0.2, 0.25) is 0 Å². The molecule has 3 N–H and O–H groups in total. The second-order valence-corrected chi connectivity index (χ2v) is 13.7. The molecule has 0 aliphatic carbocycles. The van der Waals surface area contributed by atoms with Gasteiger partial charge in [-0.15, -0.1) is 0 Å². The summed E-state index contributed by atoms with van der Waals surface area (Å²) in [6.45, 7) is 12.1. The van der Waals surface area contributed by atoms with Crippen LogP contribution in [0.25, 0.3) is 11.0 Å². The van der Waals surface area contributed by atoms with Gasteiger partial charge < -0.3 is 29.8 Å². The number of carbonyl (C=O) groups is 2. The van der Waals surface area contributed by atoms with Gasteiger partial charge >= 0.3 is 6.09 Å². The molecule has 0 radical (unpaired) electrons. The fourth-order valence-electron chi connectivity index (χ4n) is 4.47. The lowest BCUT2D eigenvalue weighted by atomic mass is 10.0. The number of ether oxygens (including phenoxy) is 3. The zero-order valence-corrected chi connectivity index (χ0v) is 28.2. The lowest BCUT2D eigenvalue weighted by Crippen LogP contribution is -2.44. The molecule has 0 fully saturated rings. The van der Waals surface area contributed by atoms with Gasteiger partial charge in [0.25, 0.3) is 0 Å². The minimum Gasteiger partial charge on any atom is -0.491 e. The van der Waals surface area contributed by atoms with Crippen LogP contribution in [-0.4, -0.2) is 46.4 Å². The number of aromatic amines is 1. The van der Waals surface area contributed by atoms with Crippen molar-refractivity contribution in [3.63, 3.8) is 0 Å². The Kier molecular flexibility index (Phi) is 10.9. The van der Waals surface area contributed by atoms with Crippen molar-refractivity contribution < 1.29 is 23.8 Å². The molecule has 4 rings (SSSR count). The highest BCUT2D eigenvalue weighted by Crippen LogP contribution is 2.24. The third-order valence-corrected chi connectivity index (χ3v) is 7.09. The molecule has 1 unspecified atom stereocenters. The van der Waals surface area contributed by atoms with Crippen molar-refractivity contribution >= 4 is 45.6 Å². The monoisotopic (exact) mass is 712 g/mol. The van der Waals surface area contributed by atoms with Gasteiger partial charge in [-0.3, -0.25) is 4.79 Å². The molecule has 2 amide bonds. The minimum atomic E-state index is -1.04. The average Bonchev–Trinajstić information content (AvgIpc) is 3.36. The number of H-pyrrole nitrogens is 1. The molecule has 4 aromatic rings. The molecule has 3 aromatic carbocycles. The quantitative estimate of drug-likeness (QED) is 0.114. The van der Waals surface area contributed by atoms with Crippen molar-refractivity contribution in [3.8, 4) is 5.75 Å². The summed E-state index contributed by atoms with van der Waals surface area (Å²) in [5.41, 5.74) is 2.30. The lowest BCUT2D eigenvalue weighted by molar-refractivity contribution is -0.124. The zero-order chi connectivity index (χ0) is 31.9. The Labute approximate surface area is 272 Å². The van der Waals surface area contributed by atoms with Gasteiger partial charge in [-0.2, -0.15) is 0 Å². The minimum absolute atomic E-state index is 0.250. The van der Waals surface area contributed by atoms with E-state index in [2.05, 4.69) is 38.2 Å². The zero-order valence-electron chi connectivity index (χ0n) is 26.1. The SMILES string of the molecule is CC(C)(C)OCCOc1ccc(C(NC(=O)OC(C)(C)C)C(=O)N[C@@H](Cc2ccccc2)c2nc3cc(I)ccc3[nH]2)cc1. The Bertz CT molecular complexity index is 1540. The Morgan fingerprint density at radius 1 is 0.886 bits per heavy atom. The molecule has 0 aliphatic rings. The van der Waals surface area contributed by atoms with E-state index in [9.17, 15) is 9.59 Å². The fourth-order valence-corrected chi connectivity index (χ4v) is 4.95.